The van der Waals surface area contributed by atoms with Gasteiger partial charge in [-0.05, 0) is 26.2 Å². The highest BCUT2D eigenvalue weighted by Crippen LogP contribution is 2.34. The van der Waals surface area contributed by atoms with E-state index in [1.54, 1.807) is 0 Å². The van der Waals surface area contributed by atoms with Crippen LogP contribution in [0.1, 0.15) is 26.2 Å². The van der Waals surface area contributed by atoms with E-state index in [0.717, 1.165) is 25.5 Å². The van der Waals surface area contributed by atoms with E-state index in [0.29, 0.717) is 0 Å². The first kappa shape index (κ1) is 10.1. The van der Waals surface area contributed by atoms with Crippen molar-refractivity contribution in [2.75, 3.05) is 10.7 Å². The molecule has 0 saturated heterocycles. The lowest BCUT2D eigenvalue weighted by Crippen LogP contribution is -2.42. The summed E-state index contributed by atoms with van der Waals surface area (Å²) in [6, 6.07) is 0. The lowest BCUT2D eigenvalue weighted by atomic mass is 9.78. The molecule has 0 amide bonds. The molecule has 0 atom stereocenters. The molecule has 1 aliphatic rings. The van der Waals surface area contributed by atoms with Crippen molar-refractivity contribution in [1.82, 2.24) is 9.97 Å². The highest BCUT2D eigenvalue weighted by atomic mass is 19.1. The van der Waals surface area contributed by atoms with Crippen LogP contribution in [0.2, 0.25) is 0 Å². The Hall–Kier alpha value is -1.43. The van der Waals surface area contributed by atoms with Crippen LogP contribution < -0.4 is 16.6 Å². The lowest BCUT2D eigenvalue weighted by molar-refractivity contribution is 0.304. The predicted molar refractivity (Wildman–Crippen MR) is 55.7 cm³/mol. The molecule has 6 heteroatoms. The first-order chi connectivity index (χ1) is 7.13. The number of halogens is 1. The van der Waals surface area contributed by atoms with Gasteiger partial charge in [0.05, 0.1) is 6.20 Å². The Morgan fingerprint density at radius 1 is 1.53 bits per heavy atom. The zero-order valence-corrected chi connectivity index (χ0v) is 8.55. The van der Waals surface area contributed by atoms with Gasteiger partial charge in [0, 0.05) is 5.54 Å². The third-order valence-electron chi connectivity index (χ3n) is 2.75. The van der Waals surface area contributed by atoms with Crippen LogP contribution in [-0.2, 0) is 0 Å². The van der Waals surface area contributed by atoms with Gasteiger partial charge in [-0.3, -0.25) is 5.43 Å². The first-order valence-corrected chi connectivity index (χ1v) is 4.90. The van der Waals surface area contributed by atoms with Gasteiger partial charge in [0.2, 0.25) is 5.95 Å². The van der Waals surface area contributed by atoms with Crippen LogP contribution in [-0.4, -0.2) is 15.5 Å². The van der Waals surface area contributed by atoms with Crippen LogP contribution in [0.4, 0.5) is 16.2 Å². The van der Waals surface area contributed by atoms with Gasteiger partial charge in [0.1, 0.15) is 0 Å². The number of nitrogens with one attached hydrogen (secondary N) is 2. The molecule has 1 saturated carbocycles. The van der Waals surface area contributed by atoms with Gasteiger partial charge in [-0.2, -0.15) is 4.98 Å². The first-order valence-electron chi connectivity index (χ1n) is 4.90. The van der Waals surface area contributed by atoms with Gasteiger partial charge in [-0.25, -0.2) is 15.2 Å². The van der Waals surface area contributed by atoms with Crippen molar-refractivity contribution in [2.24, 2.45) is 5.84 Å². The second-order valence-electron chi connectivity index (χ2n) is 4.07. The minimum atomic E-state index is -0.456. The van der Waals surface area contributed by atoms with Gasteiger partial charge < -0.3 is 5.32 Å². The average molecular weight is 211 g/mol. The quantitative estimate of drug-likeness (QED) is 0.518. The van der Waals surface area contributed by atoms with Crippen molar-refractivity contribution >= 4 is 11.8 Å². The Bertz CT molecular complexity index is 364. The van der Waals surface area contributed by atoms with E-state index in [4.69, 9.17) is 5.84 Å². The maximum absolute atomic E-state index is 13.3. The Balaban J connectivity index is 2.19. The molecule has 4 N–H and O–H groups in total. The van der Waals surface area contributed by atoms with Crippen LogP contribution in [0.5, 0.6) is 0 Å². The zero-order chi connectivity index (χ0) is 10.9. The van der Waals surface area contributed by atoms with E-state index in [1.165, 1.54) is 0 Å². The summed E-state index contributed by atoms with van der Waals surface area (Å²) >= 11 is 0. The van der Waals surface area contributed by atoms with Gasteiger partial charge in [-0.1, -0.05) is 0 Å². The molecule has 5 nitrogen and oxygen atoms in total. The van der Waals surface area contributed by atoms with Gasteiger partial charge >= 0.3 is 0 Å². The van der Waals surface area contributed by atoms with Gasteiger partial charge in [-0.15, -0.1) is 0 Å². The summed E-state index contributed by atoms with van der Waals surface area (Å²) in [5.41, 5.74) is 2.25. The minimum absolute atomic E-state index is 0.0406. The molecule has 2 rings (SSSR count). The van der Waals surface area contributed by atoms with Crippen LogP contribution in [0.15, 0.2) is 6.20 Å². The molecular formula is C9H14FN5. The Labute approximate surface area is 87.3 Å². The number of nitrogen functional groups attached to an aromatic ring is 1. The number of hydrazine groups is 1. The molecular weight excluding hydrogens is 197 g/mol. The normalized spacial score (nSPS) is 18.1. The molecule has 1 fully saturated rings. The Kier molecular flexibility index (Phi) is 2.44. The highest BCUT2D eigenvalue weighted by molar-refractivity contribution is 5.43. The molecule has 1 aromatic heterocycles. The van der Waals surface area contributed by atoms with Crippen molar-refractivity contribution in [1.29, 1.82) is 0 Å². The number of hydrogen-bond acceptors (Lipinski definition) is 5. The summed E-state index contributed by atoms with van der Waals surface area (Å²) in [7, 11) is 0. The number of aromatic nitrogens is 2. The third-order valence-corrected chi connectivity index (χ3v) is 2.75. The van der Waals surface area contributed by atoms with Crippen LogP contribution in [0.25, 0.3) is 0 Å². The molecule has 0 bridgehead atoms. The zero-order valence-electron chi connectivity index (χ0n) is 8.55. The van der Waals surface area contributed by atoms with E-state index < -0.39 is 5.82 Å². The Morgan fingerprint density at radius 3 is 2.80 bits per heavy atom. The van der Waals surface area contributed by atoms with Crippen molar-refractivity contribution < 1.29 is 4.39 Å². The summed E-state index contributed by atoms with van der Waals surface area (Å²) in [5.74, 6) is 5.12. The number of rotatable bonds is 3. The van der Waals surface area contributed by atoms with Gasteiger partial charge in [0.15, 0.2) is 11.6 Å². The molecule has 1 aliphatic carbocycles. The van der Waals surface area contributed by atoms with Crippen molar-refractivity contribution in [3.05, 3.63) is 12.0 Å². The molecule has 1 heterocycles. The van der Waals surface area contributed by atoms with Gasteiger partial charge in [0.25, 0.3) is 0 Å². The molecule has 0 spiro atoms. The molecule has 0 aliphatic heterocycles. The van der Waals surface area contributed by atoms with E-state index in [2.05, 4.69) is 20.7 Å². The minimum Gasteiger partial charge on any atom is -0.362 e. The van der Waals surface area contributed by atoms with E-state index in [9.17, 15) is 4.39 Å². The van der Waals surface area contributed by atoms with Crippen LogP contribution in [0, 0.1) is 5.82 Å². The fourth-order valence-corrected chi connectivity index (χ4v) is 1.64. The van der Waals surface area contributed by atoms with E-state index >= 15 is 0 Å². The smallest absolute Gasteiger partial charge is 0.239 e. The highest BCUT2D eigenvalue weighted by Gasteiger charge is 2.32. The SMILES string of the molecule is CC1(Nc2nc(NN)ncc2F)CCC1. The molecule has 82 valence electrons. The van der Waals surface area contributed by atoms with E-state index in [-0.39, 0.29) is 17.3 Å². The number of nitrogens with zero attached hydrogens (tertiary/aromatic N) is 2. The van der Waals surface area contributed by atoms with Crippen molar-refractivity contribution in [3.8, 4) is 0 Å². The number of nitrogens with two attached hydrogens (primary N) is 1. The average Bonchev–Trinajstić information content (AvgIpc) is 2.19. The third kappa shape index (κ3) is 1.99. The van der Waals surface area contributed by atoms with Crippen molar-refractivity contribution in [2.45, 2.75) is 31.7 Å². The van der Waals surface area contributed by atoms with Crippen molar-refractivity contribution in [3.63, 3.8) is 0 Å². The summed E-state index contributed by atoms with van der Waals surface area (Å²) in [5, 5.41) is 3.08. The molecule has 0 unspecified atom stereocenters. The fourth-order valence-electron chi connectivity index (χ4n) is 1.64. The summed E-state index contributed by atoms with van der Waals surface area (Å²) in [6.45, 7) is 2.05. The summed E-state index contributed by atoms with van der Waals surface area (Å²) < 4.78 is 13.3. The predicted octanol–water partition coefficient (Wildman–Crippen LogP) is 1.26. The van der Waals surface area contributed by atoms with Crippen LogP contribution in [0.3, 0.4) is 0 Å². The largest absolute Gasteiger partial charge is 0.362 e. The lowest BCUT2D eigenvalue weighted by Gasteiger charge is -2.39. The molecule has 0 aromatic carbocycles. The molecule has 15 heavy (non-hydrogen) atoms. The summed E-state index contributed by atoms with van der Waals surface area (Å²) in [4.78, 5) is 7.59. The molecule has 1 aromatic rings. The second-order valence-corrected chi connectivity index (χ2v) is 4.07. The fraction of sp³-hybridized carbons (Fsp3) is 0.556. The summed E-state index contributed by atoms with van der Waals surface area (Å²) in [6.07, 6.45) is 4.33. The number of anilines is 2. The maximum Gasteiger partial charge on any atom is 0.239 e. The number of hydrogen-bond donors (Lipinski definition) is 3. The molecule has 0 radical (unpaired) electrons. The van der Waals surface area contributed by atoms with E-state index in [1.807, 2.05) is 6.92 Å². The van der Waals surface area contributed by atoms with Crippen LogP contribution >= 0.6 is 0 Å². The Morgan fingerprint density at radius 2 is 2.27 bits per heavy atom. The second kappa shape index (κ2) is 3.62. The monoisotopic (exact) mass is 211 g/mol. The maximum atomic E-state index is 13.3. The standard InChI is InChI=1S/C9H14FN5/c1-9(3-2-4-9)14-7-6(10)5-12-8(13-7)15-11/h5H,2-4,11H2,1H3,(H2,12,13,14,15). The topological polar surface area (TPSA) is 75.9 Å².